The monoisotopic (exact) mass is 132 g/mol. The smallest absolute Gasteiger partial charge is 0.0824 e. The van der Waals surface area contributed by atoms with E-state index in [0.717, 1.165) is 17.8 Å². The van der Waals surface area contributed by atoms with Crippen molar-refractivity contribution in [1.29, 1.82) is 0 Å². The fourth-order valence-corrected chi connectivity index (χ4v) is 1.04. The lowest BCUT2D eigenvalue weighted by Crippen LogP contribution is -1.74. The summed E-state index contributed by atoms with van der Waals surface area (Å²) < 4.78 is 0. The van der Waals surface area contributed by atoms with Crippen molar-refractivity contribution in [2.45, 2.75) is 6.42 Å². The Morgan fingerprint density at radius 2 is 2.50 bits per heavy atom. The summed E-state index contributed by atoms with van der Waals surface area (Å²) in [7, 11) is 0. The van der Waals surface area contributed by atoms with Crippen LogP contribution in [0.15, 0.2) is 29.4 Å². The van der Waals surface area contributed by atoms with Gasteiger partial charge in [-0.3, -0.25) is 4.99 Å². The zero-order valence-electron chi connectivity index (χ0n) is 5.54. The van der Waals surface area contributed by atoms with Gasteiger partial charge in [-0.15, -0.1) is 0 Å². The van der Waals surface area contributed by atoms with Crippen LogP contribution in [-0.2, 0) is 0 Å². The van der Waals surface area contributed by atoms with Gasteiger partial charge >= 0.3 is 0 Å². The normalized spacial score (nSPS) is 15.8. The molecule has 0 amide bonds. The third-order valence-electron chi connectivity index (χ3n) is 1.52. The summed E-state index contributed by atoms with van der Waals surface area (Å²) in [5.74, 6) is 0. The fraction of sp³-hybridized carbons (Fsp3) is 0.125. The summed E-state index contributed by atoms with van der Waals surface area (Å²) in [6, 6.07) is 4.00. The van der Waals surface area contributed by atoms with Crippen LogP contribution >= 0.6 is 0 Å². The highest BCUT2D eigenvalue weighted by molar-refractivity contribution is 5.79. The van der Waals surface area contributed by atoms with E-state index in [-0.39, 0.29) is 0 Å². The van der Waals surface area contributed by atoms with Crippen molar-refractivity contribution in [3.8, 4) is 0 Å². The highest BCUT2D eigenvalue weighted by atomic mass is 14.8. The fourth-order valence-electron chi connectivity index (χ4n) is 1.04. The number of aliphatic imine (C=N–C) groups is 1. The Hall–Kier alpha value is -1.31. The van der Waals surface area contributed by atoms with Crippen molar-refractivity contribution in [2.24, 2.45) is 4.99 Å². The molecule has 0 unspecified atom stereocenters. The van der Waals surface area contributed by atoms with Gasteiger partial charge in [-0.25, -0.2) is 0 Å². The Kier molecular flexibility index (Phi) is 1.17. The third-order valence-corrected chi connectivity index (χ3v) is 1.52. The summed E-state index contributed by atoms with van der Waals surface area (Å²) in [5.41, 5.74) is 2.17. The van der Waals surface area contributed by atoms with Crippen LogP contribution in [0.1, 0.15) is 12.1 Å². The van der Waals surface area contributed by atoms with E-state index in [0.29, 0.717) is 0 Å². The number of nitrogens with one attached hydrogen (secondary N) is 1. The van der Waals surface area contributed by atoms with E-state index in [1.165, 1.54) is 0 Å². The zero-order valence-corrected chi connectivity index (χ0v) is 5.54. The van der Waals surface area contributed by atoms with E-state index in [4.69, 9.17) is 0 Å². The number of H-pyrrole nitrogens is 1. The lowest BCUT2D eigenvalue weighted by molar-refractivity contribution is 1.33. The first kappa shape index (κ1) is 5.47. The van der Waals surface area contributed by atoms with Gasteiger partial charge in [0.1, 0.15) is 0 Å². The van der Waals surface area contributed by atoms with Gasteiger partial charge in [0.15, 0.2) is 0 Å². The van der Waals surface area contributed by atoms with E-state index < -0.39 is 0 Å². The molecule has 1 N–H and O–H groups in total. The minimum absolute atomic E-state index is 0.967. The van der Waals surface area contributed by atoms with Crippen molar-refractivity contribution >= 4 is 11.9 Å². The van der Waals surface area contributed by atoms with Crippen LogP contribution in [0.25, 0.3) is 5.70 Å². The van der Waals surface area contributed by atoms with Crippen molar-refractivity contribution in [1.82, 2.24) is 4.98 Å². The minimum atomic E-state index is 0.967. The molecular formula is C8H8N2. The van der Waals surface area contributed by atoms with Gasteiger partial charge in [0, 0.05) is 18.8 Å². The average Bonchev–Trinajstić information content (AvgIpc) is 2.59. The summed E-state index contributed by atoms with van der Waals surface area (Å²) in [6.45, 7) is 0. The molecule has 0 spiro atoms. The molecule has 1 aromatic heterocycles. The summed E-state index contributed by atoms with van der Waals surface area (Å²) in [6.07, 6.45) is 6.89. The van der Waals surface area contributed by atoms with Crippen molar-refractivity contribution in [3.05, 3.63) is 30.1 Å². The highest BCUT2D eigenvalue weighted by Gasteiger charge is 2.01. The van der Waals surface area contributed by atoms with E-state index in [1.54, 1.807) is 0 Å². The Labute approximate surface area is 59.3 Å². The third kappa shape index (κ3) is 0.778. The first-order valence-corrected chi connectivity index (χ1v) is 3.33. The Morgan fingerprint density at radius 3 is 3.10 bits per heavy atom. The van der Waals surface area contributed by atoms with Crippen LogP contribution in [0.2, 0.25) is 0 Å². The molecule has 2 heteroatoms. The lowest BCUT2D eigenvalue weighted by atomic mass is 10.3. The standard InChI is InChI=1S/C8H8N2/c1-3-7(9-5-1)8-4-2-6-10-8/h1,3-6,9H,2H2. The summed E-state index contributed by atoms with van der Waals surface area (Å²) >= 11 is 0. The maximum atomic E-state index is 4.18. The topological polar surface area (TPSA) is 28.1 Å². The molecule has 2 nitrogen and oxygen atoms in total. The number of rotatable bonds is 1. The number of aromatic nitrogens is 1. The second-order valence-electron chi connectivity index (χ2n) is 2.22. The van der Waals surface area contributed by atoms with Crippen molar-refractivity contribution in [3.63, 3.8) is 0 Å². The molecule has 1 aliphatic heterocycles. The first-order valence-electron chi connectivity index (χ1n) is 3.33. The molecule has 0 bridgehead atoms. The number of aromatic amines is 1. The van der Waals surface area contributed by atoms with Crippen LogP contribution in [-0.4, -0.2) is 11.2 Å². The molecule has 0 aromatic carbocycles. The molecule has 1 aromatic rings. The molecule has 0 atom stereocenters. The molecule has 1 aliphatic rings. The van der Waals surface area contributed by atoms with Crippen LogP contribution < -0.4 is 0 Å². The van der Waals surface area contributed by atoms with Crippen molar-refractivity contribution < 1.29 is 0 Å². The molecule has 50 valence electrons. The van der Waals surface area contributed by atoms with Crippen LogP contribution in [0, 0.1) is 0 Å². The quantitative estimate of drug-likeness (QED) is 0.603. The van der Waals surface area contributed by atoms with Gasteiger partial charge in [-0.05, 0) is 12.1 Å². The second kappa shape index (κ2) is 2.14. The van der Waals surface area contributed by atoms with Crippen LogP contribution in [0.4, 0.5) is 0 Å². The Morgan fingerprint density at radius 1 is 1.50 bits per heavy atom. The van der Waals surface area contributed by atoms with Crippen molar-refractivity contribution in [2.75, 3.05) is 0 Å². The molecule has 10 heavy (non-hydrogen) atoms. The maximum Gasteiger partial charge on any atom is 0.0824 e. The minimum Gasteiger partial charge on any atom is -0.360 e. The number of allylic oxidation sites excluding steroid dienone is 1. The van der Waals surface area contributed by atoms with Crippen LogP contribution in [0.5, 0.6) is 0 Å². The Balaban J connectivity index is 2.36. The van der Waals surface area contributed by atoms with Gasteiger partial charge in [-0.1, -0.05) is 6.08 Å². The zero-order chi connectivity index (χ0) is 6.81. The van der Waals surface area contributed by atoms with Gasteiger partial charge in [0.2, 0.25) is 0 Å². The summed E-state index contributed by atoms with van der Waals surface area (Å²) in [4.78, 5) is 7.28. The predicted molar refractivity (Wildman–Crippen MR) is 41.9 cm³/mol. The molecule has 0 fully saturated rings. The first-order chi connectivity index (χ1) is 4.97. The van der Waals surface area contributed by atoms with Crippen LogP contribution in [0.3, 0.4) is 0 Å². The number of hydrogen-bond acceptors (Lipinski definition) is 1. The molecule has 0 saturated heterocycles. The number of nitrogens with zero attached hydrogens (tertiary/aromatic N) is 1. The molecule has 0 radical (unpaired) electrons. The largest absolute Gasteiger partial charge is 0.360 e. The summed E-state index contributed by atoms with van der Waals surface area (Å²) in [5, 5.41) is 0. The maximum absolute atomic E-state index is 4.18. The average molecular weight is 132 g/mol. The predicted octanol–water partition coefficient (Wildman–Crippen LogP) is 1.83. The van der Waals surface area contributed by atoms with E-state index in [1.807, 2.05) is 24.5 Å². The molecular weight excluding hydrogens is 124 g/mol. The number of hydrogen-bond donors (Lipinski definition) is 1. The van der Waals surface area contributed by atoms with Gasteiger partial charge in [0.25, 0.3) is 0 Å². The van der Waals surface area contributed by atoms with Gasteiger partial charge in [0.05, 0.1) is 11.4 Å². The SMILES string of the molecule is C1=NC(c2ccc[nH]2)=CC1. The van der Waals surface area contributed by atoms with Gasteiger partial charge < -0.3 is 4.98 Å². The van der Waals surface area contributed by atoms with E-state index >= 15 is 0 Å². The molecule has 0 saturated carbocycles. The van der Waals surface area contributed by atoms with E-state index in [2.05, 4.69) is 16.1 Å². The Bertz CT molecular complexity index is 267. The highest BCUT2D eigenvalue weighted by Crippen LogP contribution is 2.16. The van der Waals surface area contributed by atoms with E-state index in [9.17, 15) is 0 Å². The molecule has 2 heterocycles. The lowest BCUT2D eigenvalue weighted by Gasteiger charge is -1.90. The molecule has 0 aliphatic carbocycles. The molecule has 2 rings (SSSR count). The second-order valence-corrected chi connectivity index (χ2v) is 2.22. The van der Waals surface area contributed by atoms with Gasteiger partial charge in [-0.2, -0.15) is 0 Å².